The van der Waals surface area contributed by atoms with Gasteiger partial charge in [-0.1, -0.05) is 49.4 Å². The van der Waals surface area contributed by atoms with E-state index in [1.54, 1.807) is 0 Å². The fourth-order valence-electron chi connectivity index (χ4n) is 1.76. The fourth-order valence-corrected chi connectivity index (χ4v) is 1.76. The minimum absolute atomic E-state index is 0.460. The zero-order chi connectivity index (χ0) is 10.8. The highest BCUT2D eigenvalue weighted by Crippen LogP contribution is 2.16. The predicted octanol–water partition coefficient (Wildman–Crippen LogP) is 2.67. The van der Waals surface area contributed by atoms with Crippen molar-refractivity contribution in [2.75, 3.05) is 0 Å². The van der Waals surface area contributed by atoms with Crippen molar-refractivity contribution in [3.63, 3.8) is 0 Å². The van der Waals surface area contributed by atoms with Crippen molar-refractivity contribution in [1.29, 1.82) is 5.26 Å². The smallest absolute Gasteiger partial charge is 0.169 e. The van der Waals surface area contributed by atoms with Gasteiger partial charge in [-0.3, -0.25) is 0 Å². The van der Waals surface area contributed by atoms with Crippen molar-refractivity contribution >= 4 is 22.9 Å². The molecule has 2 heteroatoms. The maximum atomic E-state index is 9.09. The van der Waals surface area contributed by atoms with Gasteiger partial charge in [0.2, 0.25) is 0 Å². The van der Waals surface area contributed by atoms with Crippen LogP contribution in [-0.4, -0.2) is 6.71 Å². The van der Waals surface area contributed by atoms with Crippen LogP contribution in [0.1, 0.15) is 5.56 Å². The van der Waals surface area contributed by atoms with E-state index < -0.39 is 0 Å². The molecule has 15 heavy (non-hydrogen) atoms. The molecule has 0 atom stereocenters. The van der Waals surface area contributed by atoms with Gasteiger partial charge in [0.15, 0.2) is 6.71 Å². The van der Waals surface area contributed by atoms with E-state index in [-0.39, 0.29) is 0 Å². The van der Waals surface area contributed by atoms with Crippen LogP contribution < -0.4 is 5.46 Å². The lowest BCUT2D eigenvalue weighted by Gasteiger charge is -2.06. The number of nitrogens with zero attached hydrogens (tertiary/aromatic N) is 1. The van der Waals surface area contributed by atoms with Crippen LogP contribution in [0.15, 0.2) is 36.4 Å². The standard InChI is InChI=1S/C13H12BN/c1-14(2)12-7-10-5-3-4-6-13(10)11(8-12)9-15/h3-8H,1-2H3. The molecular weight excluding hydrogens is 181 g/mol. The van der Waals surface area contributed by atoms with Gasteiger partial charge in [-0.05, 0) is 16.8 Å². The van der Waals surface area contributed by atoms with Crippen molar-refractivity contribution in [3.05, 3.63) is 42.0 Å². The van der Waals surface area contributed by atoms with Crippen LogP contribution in [0, 0.1) is 11.3 Å². The number of hydrogen-bond acceptors (Lipinski definition) is 1. The van der Waals surface area contributed by atoms with Gasteiger partial charge in [0.1, 0.15) is 0 Å². The second kappa shape index (κ2) is 3.78. The van der Waals surface area contributed by atoms with E-state index in [4.69, 9.17) is 5.26 Å². The molecule has 1 nitrogen and oxygen atoms in total. The first-order valence-corrected chi connectivity index (χ1v) is 5.15. The lowest BCUT2D eigenvalue weighted by atomic mass is 9.49. The Balaban J connectivity index is 2.78. The molecule has 0 fully saturated rings. The topological polar surface area (TPSA) is 23.8 Å². The minimum atomic E-state index is 0.460. The van der Waals surface area contributed by atoms with Crippen LogP contribution in [-0.2, 0) is 0 Å². The third-order valence-electron chi connectivity index (χ3n) is 2.67. The van der Waals surface area contributed by atoms with Crippen LogP contribution in [0.4, 0.5) is 0 Å². The van der Waals surface area contributed by atoms with Gasteiger partial charge in [0.05, 0.1) is 11.6 Å². The zero-order valence-corrected chi connectivity index (χ0v) is 8.99. The number of fused-ring (bicyclic) bond motifs is 1. The second-order valence-corrected chi connectivity index (χ2v) is 4.06. The monoisotopic (exact) mass is 193 g/mol. The molecule has 0 aliphatic rings. The molecule has 0 bridgehead atoms. The van der Waals surface area contributed by atoms with Gasteiger partial charge in [-0.25, -0.2) is 0 Å². The van der Waals surface area contributed by atoms with Crippen molar-refractivity contribution in [2.45, 2.75) is 13.6 Å². The molecule has 2 aromatic carbocycles. The Morgan fingerprint density at radius 1 is 1.13 bits per heavy atom. The maximum Gasteiger partial charge on any atom is 0.169 e. The molecule has 2 rings (SSSR count). The van der Waals surface area contributed by atoms with E-state index in [0.717, 1.165) is 16.3 Å². The third-order valence-corrected chi connectivity index (χ3v) is 2.67. The summed E-state index contributed by atoms with van der Waals surface area (Å²) < 4.78 is 0. The second-order valence-electron chi connectivity index (χ2n) is 4.06. The van der Waals surface area contributed by atoms with Crippen molar-refractivity contribution in [2.24, 2.45) is 0 Å². The molecule has 0 aliphatic heterocycles. The van der Waals surface area contributed by atoms with Gasteiger partial charge in [0, 0.05) is 0 Å². The predicted molar refractivity (Wildman–Crippen MR) is 65.8 cm³/mol. The van der Waals surface area contributed by atoms with E-state index >= 15 is 0 Å². The van der Waals surface area contributed by atoms with E-state index in [2.05, 4.69) is 31.8 Å². The van der Waals surface area contributed by atoms with Crippen molar-refractivity contribution in [3.8, 4) is 6.07 Å². The molecule has 0 radical (unpaired) electrons. The summed E-state index contributed by atoms with van der Waals surface area (Å²) in [5, 5.41) is 11.3. The van der Waals surface area contributed by atoms with Crippen LogP contribution in [0.5, 0.6) is 0 Å². The Hall–Kier alpha value is -1.75. The molecule has 0 aromatic heterocycles. The number of benzene rings is 2. The summed E-state index contributed by atoms with van der Waals surface area (Å²) in [6.45, 7) is 4.75. The van der Waals surface area contributed by atoms with E-state index in [9.17, 15) is 0 Å². The molecule has 0 heterocycles. The highest BCUT2D eigenvalue weighted by atomic mass is 14.2. The Bertz CT molecular complexity index is 538. The van der Waals surface area contributed by atoms with E-state index in [0.29, 0.717) is 6.71 Å². The lowest BCUT2D eigenvalue weighted by molar-refractivity contribution is 1.51. The third kappa shape index (κ3) is 1.73. The summed E-state index contributed by atoms with van der Waals surface area (Å²) in [7, 11) is 0. The van der Waals surface area contributed by atoms with Gasteiger partial charge in [0.25, 0.3) is 0 Å². The van der Waals surface area contributed by atoms with E-state index in [1.807, 2.05) is 24.3 Å². The van der Waals surface area contributed by atoms with Crippen molar-refractivity contribution < 1.29 is 0 Å². The SMILES string of the molecule is CB(C)c1cc(C#N)c2ccccc2c1. The number of nitriles is 1. The summed E-state index contributed by atoms with van der Waals surface area (Å²) in [5.74, 6) is 0. The summed E-state index contributed by atoms with van der Waals surface area (Å²) in [6.07, 6.45) is 0. The van der Waals surface area contributed by atoms with E-state index in [1.165, 1.54) is 5.46 Å². The van der Waals surface area contributed by atoms with Crippen LogP contribution in [0.3, 0.4) is 0 Å². The first-order valence-electron chi connectivity index (χ1n) is 5.15. The molecule has 0 N–H and O–H groups in total. The van der Waals surface area contributed by atoms with Crippen LogP contribution >= 0.6 is 0 Å². The molecule has 0 amide bonds. The lowest BCUT2D eigenvalue weighted by Crippen LogP contribution is -2.22. The number of hydrogen-bond donors (Lipinski definition) is 0. The summed E-state index contributed by atoms with van der Waals surface area (Å²) in [5.41, 5.74) is 2.00. The molecule has 2 aromatic rings. The summed E-state index contributed by atoms with van der Waals surface area (Å²) in [6, 6.07) is 14.5. The molecular formula is C13H12BN. The fraction of sp³-hybridized carbons (Fsp3) is 0.154. The quantitative estimate of drug-likeness (QED) is 0.638. The largest absolute Gasteiger partial charge is 0.192 e. The molecule has 0 aliphatic carbocycles. The first kappa shape index (κ1) is 9.80. The van der Waals surface area contributed by atoms with Gasteiger partial charge in [-0.2, -0.15) is 5.26 Å². The molecule has 0 spiro atoms. The maximum absolute atomic E-state index is 9.09. The molecule has 0 saturated heterocycles. The highest BCUT2D eigenvalue weighted by Gasteiger charge is 2.07. The molecule has 0 saturated carbocycles. The Morgan fingerprint density at radius 3 is 2.53 bits per heavy atom. The minimum Gasteiger partial charge on any atom is -0.192 e. The van der Waals surface area contributed by atoms with Crippen LogP contribution in [0.25, 0.3) is 10.8 Å². The van der Waals surface area contributed by atoms with Crippen LogP contribution in [0.2, 0.25) is 13.6 Å². The summed E-state index contributed by atoms with van der Waals surface area (Å²) >= 11 is 0. The van der Waals surface area contributed by atoms with Gasteiger partial charge in [-0.15, -0.1) is 0 Å². The molecule has 0 unspecified atom stereocenters. The number of rotatable bonds is 1. The highest BCUT2D eigenvalue weighted by molar-refractivity contribution is 6.71. The molecule has 72 valence electrons. The van der Waals surface area contributed by atoms with Gasteiger partial charge < -0.3 is 0 Å². The Kier molecular flexibility index (Phi) is 2.47. The summed E-state index contributed by atoms with van der Waals surface area (Å²) in [4.78, 5) is 0. The first-order chi connectivity index (χ1) is 7.22. The average Bonchev–Trinajstić information content (AvgIpc) is 2.27. The Morgan fingerprint density at radius 2 is 1.87 bits per heavy atom. The average molecular weight is 193 g/mol. The van der Waals surface area contributed by atoms with Crippen molar-refractivity contribution in [1.82, 2.24) is 0 Å². The zero-order valence-electron chi connectivity index (χ0n) is 8.99. The Labute approximate surface area is 90.4 Å². The van der Waals surface area contributed by atoms with Gasteiger partial charge >= 0.3 is 0 Å². The normalized spacial score (nSPS) is 9.93.